The number of rotatable bonds is 13. The van der Waals surface area contributed by atoms with Gasteiger partial charge in [0.05, 0.1) is 10.7 Å². The van der Waals surface area contributed by atoms with Gasteiger partial charge in [0.2, 0.25) is 0 Å². The zero-order chi connectivity index (χ0) is 21.1. The summed E-state index contributed by atoms with van der Waals surface area (Å²) in [5.74, 6) is 1.06. The van der Waals surface area contributed by atoms with Crippen LogP contribution in [0.2, 0.25) is 5.02 Å². The molecule has 0 aliphatic carbocycles. The highest BCUT2D eigenvalue weighted by atomic mass is 35.5. The Kier molecular flexibility index (Phi) is 10.8. The van der Waals surface area contributed by atoms with Crippen molar-refractivity contribution in [3.05, 3.63) is 64.7 Å². The van der Waals surface area contributed by atoms with Crippen LogP contribution in [0, 0.1) is 0 Å². The number of nitrogens with one attached hydrogen (secondary N) is 1. The van der Waals surface area contributed by atoms with Crippen molar-refractivity contribution in [2.24, 2.45) is 0 Å². The summed E-state index contributed by atoms with van der Waals surface area (Å²) in [5.41, 5.74) is 1.86. The van der Waals surface area contributed by atoms with Crippen molar-refractivity contribution in [3.63, 3.8) is 0 Å². The largest absolute Gasteiger partial charge is 0.328 e. The van der Waals surface area contributed by atoms with Crippen LogP contribution in [0.4, 0.5) is 0 Å². The maximum absolute atomic E-state index is 11.1. The summed E-state index contributed by atoms with van der Waals surface area (Å²) >= 11 is 8.22. The smallest absolute Gasteiger partial charge is 0.324 e. The van der Waals surface area contributed by atoms with E-state index in [1.165, 1.54) is 24.8 Å². The molecule has 0 radical (unpaired) electrons. The van der Waals surface area contributed by atoms with E-state index >= 15 is 0 Å². The number of hydrogen-bond acceptors (Lipinski definition) is 3. The van der Waals surface area contributed by atoms with Gasteiger partial charge >= 0.3 is 7.60 Å². The van der Waals surface area contributed by atoms with E-state index in [-0.39, 0.29) is 0 Å². The predicted molar refractivity (Wildman–Crippen MR) is 124 cm³/mol. The number of halogens is 1. The van der Waals surface area contributed by atoms with Crippen molar-refractivity contribution < 1.29 is 14.4 Å². The molecule has 0 saturated heterocycles. The Bertz CT molecular complexity index is 785. The summed E-state index contributed by atoms with van der Waals surface area (Å²) in [6, 6.07) is 16.7. The number of thioether (sulfide) groups is 1. The number of benzene rings is 2. The third kappa shape index (κ3) is 9.69. The van der Waals surface area contributed by atoms with Gasteiger partial charge in [0, 0.05) is 11.4 Å². The van der Waals surface area contributed by atoms with E-state index in [9.17, 15) is 4.57 Å². The fraction of sp³-hybridized carbons (Fsp3) is 0.455. The van der Waals surface area contributed by atoms with Gasteiger partial charge in [-0.3, -0.25) is 4.57 Å². The van der Waals surface area contributed by atoms with Crippen LogP contribution in [0.15, 0.2) is 53.4 Å². The van der Waals surface area contributed by atoms with Gasteiger partial charge in [-0.25, -0.2) is 0 Å². The summed E-state index contributed by atoms with van der Waals surface area (Å²) in [7, 11) is -3.98. The fourth-order valence-corrected chi connectivity index (χ4v) is 4.68. The van der Waals surface area contributed by atoms with Crippen molar-refractivity contribution in [2.75, 3.05) is 12.3 Å². The molecule has 3 N–H and O–H groups in total. The van der Waals surface area contributed by atoms with Crippen molar-refractivity contribution in [2.45, 2.75) is 56.1 Å². The van der Waals surface area contributed by atoms with Crippen LogP contribution >= 0.6 is 31.0 Å². The number of hydrogen-bond donors (Lipinski definition) is 3. The predicted octanol–water partition coefficient (Wildman–Crippen LogP) is 5.89. The van der Waals surface area contributed by atoms with E-state index in [0.29, 0.717) is 19.5 Å². The molecule has 4 nitrogen and oxygen atoms in total. The van der Waals surface area contributed by atoms with Gasteiger partial charge in [0.15, 0.2) is 0 Å². The Balaban J connectivity index is 1.62. The first-order valence-electron chi connectivity index (χ1n) is 10.1. The third-order valence-corrected chi connectivity index (χ3v) is 7.84. The Morgan fingerprint density at radius 1 is 1.07 bits per heavy atom. The Morgan fingerprint density at radius 2 is 1.83 bits per heavy atom. The topological polar surface area (TPSA) is 69.6 Å². The highest BCUT2D eigenvalue weighted by molar-refractivity contribution is 7.99. The molecule has 2 rings (SSSR count). The molecule has 1 atom stereocenters. The molecule has 0 heterocycles. The number of unbranched alkanes of at least 4 members (excludes halogenated alkanes) is 2. The van der Waals surface area contributed by atoms with Gasteiger partial charge in [0.25, 0.3) is 0 Å². The molecular formula is C22H31ClNO3PS. The fourth-order valence-electron chi connectivity index (χ4n) is 2.92. The van der Waals surface area contributed by atoms with Gasteiger partial charge in [-0.15, -0.1) is 11.8 Å². The lowest BCUT2D eigenvalue weighted by Crippen LogP contribution is -2.19. The summed E-state index contributed by atoms with van der Waals surface area (Å²) in [6.45, 7) is 2.77. The van der Waals surface area contributed by atoms with E-state index < -0.39 is 13.3 Å². The Hall–Kier alpha value is -0.810. The minimum atomic E-state index is -3.98. The molecule has 1 unspecified atom stereocenters. The van der Waals surface area contributed by atoms with Gasteiger partial charge in [0.1, 0.15) is 0 Å². The highest BCUT2D eigenvalue weighted by Gasteiger charge is 2.22. The van der Waals surface area contributed by atoms with Crippen molar-refractivity contribution in [3.8, 4) is 0 Å². The van der Waals surface area contributed by atoms with Crippen LogP contribution in [-0.2, 0) is 17.5 Å². The zero-order valence-corrected chi connectivity index (χ0v) is 19.4. The molecule has 0 bridgehead atoms. The van der Waals surface area contributed by atoms with Crippen LogP contribution in [0.5, 0.6) is 0 Å². The molecule has 2 aromatic carbocycles. The molecule has 0 aliphatic heterocycles. The third-order valence-electron chi connectivity index (χ3n) is 4.85. The second kappa shape index (κ2) is 12.8. The van der Waals surface area contributed by atoms with E-state index in [4.69, 9.17) is 21.4 Å². The standard InChI is InChI=1S/C22H31ClNO3PS/c1-18(28(25,26)27)13-14-24-17-20-11-12-22(21(23)16-20)29-15-7-3-6-10-19-8-4-2-5-9-19/h2,4-5,8-9,11-12,16,18,24H,3,6-7,10,13-15,17H2,1H3,(H2,25,26,27). The minimum absolute atomic E-state index is 0.441. The highest BCUT2D eigenvalue weighted by Crippen LogP contribution is 2.42. The maximum atomic E-state index is 11.1. The Labute approximate surface area is 183 Å². The van der Waals surface area contributed by atoms with E-state index in [0.717, 1.165) is 27.7 Å². The first kappa shape index (κ1) is 24.5. The number of aryl methyl sites for hydroxylation is 1. The summed E-state index contributed by atoms with van der Waals surface area (Å²) in [5, 5.41) is 3.99. The normalized spacial score (nSPS) is 12.8. The first-order chi connectivity index (χ1) is 13.9. The molecule has 7 heteroatoms. The average Bonchev–Trinajstić information content (AvgIpc) is 2.69. The molecule has 0 amide bonds. The first-order valence-corrected chi connectivity index (χ1v) is 13.1. The second-order valence-corrected chi connectivity index (χ2v) is 10.9. The quantitative estimate of drug-likeness (QED) is 0.199. The van der Waals surface area contributed by atoms with Gasteiger partial charge < -0.3 is 15.1 Å². The lowest BCUT2D eigenvalue weighted by atomic mass is 10.1. The average molecular weight is 456 g/mol. The molecule has 29 heavy (non-hydrogen) atoms. The van der Waals surface area contributed by atoms with Crippen LogP contribution < -0.4 is 5.32 Å². The monoisotopic (exact) mass is 455 g/mol. The maximum Gasteiger partial charge on any atom is 0.328 e. The van der Waals surface area contributed by atoms with E-state index in [2.05, 4.69) is 47.8 Å². The minimum Gasteiger partial charge on any atom is -0.324 e. The summed E-state index contributed by atoms with van der Waals surface area (Å²) in [4.78, 5) is 19.3. The van der Waals surface area contributed by atoms with E-state index in [1.54, 1.807) is 18.7 Å². The molecule has 0 saturated carbocycles. The molecule has 0 aromatic heterocycles. The molecular weight excluding hydrogens is 425 g/mol. The zero-order valence-electron chi connectivity index (χ0n) is 16.9. The molecule has 0 spiro atoms. The molecule has 160 valence electrons. The van der Waals surface area contributed by atoms with Crippen LogP contribution in [0.25, 0.3) is 0 Å². The van der Waals surface area contributed by atoms with E-state index in [1.807, 2.05) is 6.07 Å². The summed E-state index contributed by atoms with van der Waals surface area (Å²) in [6.07, 6.45) is 5.18. The van der Waals surface area contributed by atoms with Gasteiger partial charge in [-0.1, -0.05) is 61.3 Å². The molecule has 0 fully saturated rings. The molecule has 2 aromatic rings. The van der Waals surface area contributed by atoms with Gasteiger partial charge in [-0.05, 0) is 61.2 Å². The second-order valence-electron chi connectivity index (χ2n) is 7.31. The van der Waals surface area contributed by atoms with Gasteiger partial charge in [-0.2, -0.15) is 0 Å². The van der Waals surface area contributed by atoms with Crippen LogP contribution in [0.3, 0.4) is 0 Å². The van der Waals surface area contributed by atoms with Crippen molar-refractivity contribution in [1.82, 2.24) is 5.32 Å². The van der Waals surface area contributed by atoms with Crippen molar-refractivity contribution in [1.29, 1.82) is 0 Å². The summed E-state index contributed by atoms with van der Waals surface area (Å²) < 4.78 is 11.1. The molecule has 0 aliphatic rings. The Morgan fingerprint density at radius 3 is 2.52 bits per heavy atom. The van der Waals surface area contributed by atoms with Crippen molar-refractivity contribution >= 4 is 31.0 Å². The lowest BCUT2D eigenvalue weighted by Gasteiger charge is -2.13. The lowest BCUT2D eigenvalue weighted by molar-refractivity contribution is 0.356. The van der Waals surface area contributed by atoms with Crippen LogP contribution in [0.1, 0.15) is 43.7 Å². The van der Waals surface area contributed by atoms with Crippen LogP contribution in [-0.4, -0.2) is 27.7 Å². The SMILES string of the molecule is CC(CCNCc1ccc(SCCCCCc2ccccc2)c(Cl)c1)P(=O)(O)O.